The quantitative estimate of drug-likeness (QED) is 0.899. The SMILES string of the molecule is Cc1ccc([C@@H]2CN(C(=O)Cc3ccc(CO)cc3)C[C@H]2N(C)C)cc1. The molecule has 1 fully saturated rings. The van der Waals surface area contributed by atoms with E-state index < -0.39 is 0 Å². The minimum Gasteiger partial charge on any atom is -0.392 e. The summed E-state index contributed by atoms with van der Waals surface area (Å²) < 4.78 is 0. The smallest absolute Gasteiger partial charge is 0.227 e. The lowest BCUT2D eigenvalue weighted by Crippen LogP contribution is -2.36. The number of likely N-dealkylation sites (tertiary alicyclic amines) is 1. The van der Waals surface area contributed by atoms with Crippen LogP contribution in [0.1, 0.15) is 28.2 Å². The number of aryl methyl sites for hydroxylation is 1. The molecule has 1 aliphatic heterocycles. The first-order valence-corrected chi connectivity index (χ1v) is 9.17. The number of benzene rings is 2. The highest BCUT2D eigenvalue weighted by Crippen LogP contribution is 2.30. The molecule has 1 saturated heterocycles. The lowest BCUT2D eigenvalue weighted by molar-refractivity contribution is -0.129. The van der Waals surface area contributed by atoms with Gasteiger partial charge in [-0.1, -0.05) is 54.1 Å². The molecule has 0 saturated carbocycles. The average Bonchev–Trinajstić information content (AvgIpc) is 3.09. The normalized spacial score (nSPS) is 20.0. The van der Waals surface area contributed by atoms with E-state index >= 15 is 0 Å². The van der Waals surface area contributed by atoms with Gasteiger partial charge in [0.2, 0.25) is 5.91 Å². The van der Waals surface area contributed by atoms with Crippen LogP contribution >= 0.6 is 0 Å². The molecule has 1 heterocycles. The molecule has 0 aromatic heterocycles. The van der Waals surface area contributed by atoms with Crippen LogP contribution in [0.4, 0.5) is 0 Å². The molecule has 0 unspecified atom stereocenters. The van der Waals surface area contributed by atoms with Gasteiger partial charge in [0, 0.05) is 25.0 Å². The van der Waals surface area contributed by atoms with Crippen molar-refractivity contribution < 1.29 is 9.90 Å². The van der Waals surface area contributed by atoms with E-state index in [0.29, 0.717) is 18.4 Å². The van der Waals surface area contributed by atoms with Gasteiger partial charge >= 0.3 is 0 Å². The van der Waals surface area contributed by atoms with E-state index in [-0.39, 0.29) is 12.5 Å². The second kappa shape index (κ2) is 8.02. The number of aliphatic hydroxyl groups excluding tert-OH is 1. The van der Waals surface area contributed by atoms with Crippen molar-refractivity contribution in [1.82, 2.24) is 9.80 Å². The molecule has 0 spiro atoms. The Balaban J connectivity index is 1.71. The molecule has 26 heavy (non-hydrogen) atoms. The maximum absolute atomic E-state index is 12.8. The second-order valence-corrected chi connectivity index (χ2v) is 7.50. The number of carbonyl (C=O) groups excluding carboxylic acids is 1. The van der Waals surface area contributed by atoms with Crippen molar-refractivity contribution in [3.05, 3.63) is 70.8 Å². The number of likely N-dealkylation sites (N-methyl/N-ethyl adjacent to an activating group) is 1. The number of nitrogens with zero attached hydrogens (tertiary/aromatic N) is 2. The summed E-state index contributed by atoms with van der Waals surface area (Å²) in [7, 11) is 4.18. The van der Waals surface area contributed by atoms with Crippen molar-refractivity contribution in [3.63, 3.8) is 0 Å². The van der Waals surface area contributed by atoms with Crippen molar-refractivity contribution in [2.75, 3.05) is 27.2 Å². The summed E-state index contributed by atoms with van der Waals surface area (Å²) in [6.07, 6.45) is 0.409. The maximum Gasteiger partial charge on any atom is 0.227 e. The molecule has 138 valence electrons. The lowest BCUT2D eigenvalue weighted by Gasteiger charge is -2.25. The van der Waals surface area contributed by atoms with Crippen LogP contribution in [0, 0.1) is 6.92 Å². The van der Waals surface area contributed by atoms with Crippen LogP contribution < -0.4 is 0 Å². The van der Waals surface area contributed by atoms with E-state index in [1.165, 1.54) is 11.1 Å². The van der Waals surface area contributed by atoms with Gasteiger partial charge in [0.15, 0.2) is 0 Å². The number of amides is 1. The zero-order valence-corrected chi connectivity index (χ0v) is 15.9. The van der Waals surface area contributed by atoms with Crippen LogP contribution in [0.2, 0.25) is 0 Å². The molecule has 2 aromatic carbocycles. The Kier molecular flexibility index (Phi) is 5.74. The first-order valence-electron chi connectivity index (χ1n) is 9.17. The highest BCUT2D eigenvalue weighted by atomic mass is 16.3. The second-order valence-electron chi connectivity index (χ2n) is 7.50. The van der Waals surface area contributed by atoms with E-state index in [0.717, 1.165) is 24.2 Å². The molecule has 1 amide bonds. The third-order valence-corrected chi connectivity index (χ3v) is 5.37. The van der Waals surface area contributed by atoms with Gasteiger partial charge in [-0.25, -0.2) is 0 Å². The fourth-order valence-electron chi connectivity index (χ4n) is 3.70. The maximum atomic E-state index is 12.8. The Morgan fingerprint density at radius 1 is 1.04 bits per heavy atom. The minimum atomic E-state index is 0.0308. The number of carbonyl (C=O) groups is 1. The van der Waals surface area contributed by atoms with Gasteiger partial charge < -0.3 is 14.9 Å². The molecule has 0 radical (unpaired) electrons. The largest absolute Gasteiger partial charge is 0.392 e. The van der Waals surface area contributed by atoms with Gasteiger partial charge in [0.1, 0.15) is 0 Å². The number of rotatable bonds is 5. The highest BCUT2D eigenvalue weighted by Gasteiger charge is 2.37. The molecule has 1 N–H and O–H groups in total. The Labute approximate surface area is 156 Å². The van der Waals surface area contributed by atoms with Gasteiger partial charge in [0.25, 0.3) is 0 Å². The molecular weight excluding hydrogens is 324 g/mol. The van der Waals surface area contributed by atoms with Crippen LogP contribution in [-0.2, 0) is 17.8 Å². The van der Waals surface area contributed by atoms with Crippen LogP contribution in [0.25, 0.3) is 0 Å². The first-order chi connectivity index (χ1) is 12.5. The highest BCUT2D eigenvalue weighted by molar-refractivity contribution is 5.79. The van der Waals surface area contributed by atoms with Crippen LogP contribution in [0.3, 0.4) is 0 Å². The van der Waals surface area contributed by atoms with Crippen molar-refractivity contribution in [2.45, 2.75) is 31.9 Å². The average molecular weight is 352 g/mol. The Morgan fingerprint density at radius 3 is 2.23 bits per heavy atom. The number of hydrogen-bond donors (Lipinski definition) is 1. The number of aliphatic hydroxyl groups is 1. The Hall–Kier alpha value is -2.17. The molecule has 2 aromatic rings. The third kappa shape index (κ3) is 4.14. The van der Waals surface area contributed by atoms with E-state index in [9.17, 15) is 4.79 Å². The lowest BCUT2D eigenvalue weighted by atomic mass is 9.93. The summed E-state index contributed by atoms with van der Waals surface area (Å²) in [4.78, 5) is 17.1. The zero-order valence-electron chi connectivity index (χ0n) is 15.9. The standard InChI is InChI=1S/C22H28N2O2/c1-16-4-10-19(11-5-16)20-13-24(14-21(20)23(2)3)22(26)12-17-6-8-18(15-25)9-7-17/h4-11,20-21,25H,12-15H2,1-3H3/t20-,21+/m0/s1. The molecule has 4 nitrogen and oxygen atoms in total. The van der Waals surface area contributed by atoms with E-state index in [4.69, 9.17) is 5.11 Å². The van der Waals surface area contributed by atoms with E-state index in [2.05, 4.69) is 50.2 Å². The number of hydrogen-bond acceptors (Lipinski definition) is 3. The summed E-state index contributed by atoms with van der Waals surface area (Å²) in [6.45, 7) is 3.65. The molecule has 0 aliphatic carbocycles. The van der Waals surface area contributed by atoms with Gasteiger partial charge in [-0.3, -0.25) is 4.79 Å². The van der Waals surface area contributed by atoms with Crippen LogP contribution in [-0.4, -0.2) is 54.0 Å². The minimum absolute atomic E-state index is 0.0308. The summed E-state index contributed by atoms with van der Waals surface area (Å²) in [5.41, 5.74) is 4.42. The monoisotopic (exact) mass is 352 g/mol. The van der Waals surface area contributed by atoms with Gasteiger partial charge in [-0.05, 0) is 37.7 Å². The van der Waals surface area contributed by atoms with Crippen molar-refractivity contribution >= 4 is 5.91 Å². The summed E-state index contributed by atoms with van der Waals surface area (Å²) in [5, 5.41) is 9.14. The third-order valence-electron chi connectivity index (χ3n) is 5.37. The molecule has 4 heteroatoms. The topological polar surface area (TPSA) is 43.8 Å². The van der Waals surface area contributed by atoms with Crippen LogP contribution in [0.15, 0.2) is 48.5 Å². The summed E-state index contributed by atoms with van der Waals surface area (Å²) in [6, 6.07) is 16.6. The summed E-state index contributed by atoms with van der Waals surface area (Å²) in [5.74, 6) is 0.509. The van der Waals surface area contributed by atoms with Gasteiger partial charge in [0.05, 0.1) is 13.0 Å². The molecule has 3 rings (SSSR count). The zero-order chi connectivity index (χ0) is 18.7. The first kappa shape index (κ1) is 18.6. The van der Waals surface area contributed by atoms with E-state index in [1.54, 1.807) is 0 Å². The molecule has 0 bridgehead atoms. The summed E-state index contributed by atoms with van der Waals surface area (Å²) >= 11 is 0. The fourth-order valence-corrected chi connectivity index (χ4v) is 3.70. The predicted molar refractivity (Wildman–Crippen MR) is 104 cm³/mol. The molecule has 2 atom stereocenters. The van der Waals surface area contributed by atoms with Crippen LogP contribution in [0.5, 0.6) is 0 Å². The molecular formula is C22H28N2O2. The Bertz CT molecular complexity index is 738. The van der Waals surface area contributed by atoms with Crippen molar-refractivity contribution in [2.24, 2.45) is 0 Å². The predicted octanol–water partition coefficient (Wildman–Crippen LogP) is 2.59. The molecule has 1 aliphatic rings. The fraction of sp³-hybridized carbons (Fsp3) is 0.409. The van der Waals surface area contributed by atoms with Gasteiger partial charge in [-0.2, -0.15) is 0 Å². The van der Waals surface area contributed by atoms with Gasteiger partial charge in [-0.15, -0.1) is 0 Å². The Morgan fingerprint density at radius 2 is 1.65 bits per heavy atom. The van der Waals surface area contributed by atoms with Crippen molar-refractivity contribution in [1.29, 1.82) is 0 Å². The van der Waals surface area contributed by atoms with E-state index in [1.807, 2.05) is 29.2 Å². The van der Waals surface area contributed by atoms with Crippen molar-refractivity contribution in [3.8, 4) is 0 Å².